The van der Waals surface area contributed by atoms with Crippen LogP contribution in [0.1, 0.15) is 39.0 Å². The van der Waals surface area contributed by atoms with E-state index in [-0.39, 0.29) is 5.92 Å². The number of fused-ring (bicyclic) bond motifs is 1. The lowest BCUT2D eigenvalue weighted by atomic mass is 9.93. The third-order valence-corrected chi connectivity index (χ3v) is 5.12. The maximum atomic E-state index is 12.7. The predicted molar refractivity (Wildman–Crippen MR) is 76.0 cm³/mol. The van der Waals surface area contributed by atoms with E-state index in [0.29, 0.717) is 18.0 Å². The van der Waals surface area contributed by atoms with Crippen molar-refractivity contribution in [3.8, 4) is 0 Å². The van der Waals surface area contributed by atoms with Crippen LogP contribution in [-0.4, -0.2) is 60.5 Å². The number of hydrogen-bond acceptors (Lipinski definition) is 3. The molecule has 0 aromatic rings. The molecule has 0 saturated carbocycles. The monoisotopic (exact) mass is 265 g/mol. The van der Waals surface area contributed by atoms with Gasteiger partial charge in [-0.05, 0) is 45.7 Å². The molecular weight excluding hydrogens is 238 g/mol. The van der Waals surface area contributed by atoms with E-state index in [2.05, 4.69) is 22.0 Å². The average Bonchev–Trinajstić information content (AvgIpc) is 2.47. The fourth-order valence-electron chi connectivity index (χ4n) is 3.96. The first-order chi connectivity index (χ1) is 9.25. The lowest BCUT2D eigenvalue weighted by Gasteiger charge is -2.48. The third-order valence-electron chi connectivity index (χ3n) is 5.12. The molecule has 3 aliphatic rings. The van der Waals surface area contributed by atoms with Crippen LogP contribution in [0.2, 0.25) is 0 Å². The molecule has 1 amide bonds. The number of carbonyl (C=O) groups is 1. The molecule has 0 aromatic carbocycles. The normalized spacial score (nSPS) is 36.9. The summed E-state index contributed by atoms with van der Waals surface area (Å²) in [5.74, 6) is 0.635. The van der Waals surface area contributed by atoms with Gasteiger partial charge in [0.15, 0.2) is 0 Å². The first-order valence-corrected chi connectivity index (χ1v) is 8.01. The molecule has 3 rings (SSSR count). The van der Waals surface area contributed by atoms with Crippen LogP contribution < -0.4 is 5.32 Å². The van der Waals surface area contributed by atoms with Crippen LogP contribution in [0.5, 0.6) is 0 Å². The van der Waals surface area contributed by atoms with E-state index in [0.717, 1.165) is 39.0 Å². The van der Waals surface area contributed by atoms with E-state index < -0.39 is 0 Å². The largest absolute Gasteiger partial charge is 0.337 e. The molecule has 0 radical (unpaired) electrons. The molecule has 19 heavy (non-hydrogen) atoms. The summed E-state index contributed by atoms with van der Waals surface area (Å²) in [5, 5.41) is 3.37. The molecule has 3 fully saturated rings. The highest BCUT2D eigenvalue weighted by atomic mass is 16.2. The van der Waals surface area contributed by atoms with Gasteiger partial charge < -0.3 is 10.2 Å². The summed E-state index contributed by atoms with van der Waals surface area (Å²) in [6, 6.07) is 1.02. The molecular formula is C15H27N3O. The maximum Gasteiger partial charge on any atom is 0.227 e. The molecule has 0 aromatic heterocycles. The second kappa shape index (κ2) is 5.80. The zero-order valence-electron chi connectivity index (χ0n) is 12.1. The van der Waals surface area contributed by atoms with E-state index in [9.17, 15) is 4.79 Å². The van der Waals surface area contributed by atoms with Crippen LogP contribution in [-0.2, 0) is 4.79 Å². The second-order valence-electron chi connectivity index (χ2n) is 6.53. The third kappa shape index (κ3) is 2.79. The first kappa shape index (κ1) is 13.4. The Kier molecular flexibility index (Phi) is 4.08. The Labute approximate surface area is 116 Å². The average molecular weight is 265 g/mol. The van der Waals surface area contributed by atoms with Crippen molar-refractivity contribution in [2.45, 2.75) is 51.1 Å². The highest BCUT2D eigenvalue weighted by molar-refractivity contribution is 5.79. The van der Waals surface area contributed by atoms with Crippen molar-refractivity contribution in [1.29, 1.82) is 0 Å². The molecule has 2 unspecified atom stereocenters. The number of nitrogens with zero attached hydrogens (tertiary/aromatic N) is 2. The van der Waals surface area contributed by atoms with Gasteiger partial charge in [0.2, 0.25) is 5.91 Å². The lowest BCUT2D eigenvalue weighted by Crippen LogP contribution is -2.61. The SMILES string of the molecule is CC1CN2CCCCC2CN1C(=O)[C@H]1CCCNC1. The summed E-state index contributed by atoms with van der Waals surface area (Å²) in [6.45, 7) is 7.47. The summed E-state index contributed by atoms with van der Waals surface area (Å²) in [5.41, 5.74) is 0. The minimum Gasteiger partial charge on any atom is -0.337 e. The van der Waals surface area contributed by atoms with Gasteiger partial charge in [-0.3, -0.25) is 9.69 Å². The molecule has 0 aliphatic carbocycles. The number of amides is 1. The highest BCUT2D eigenvalue weighted by Gasteiger charge is 2.37. The zero-order chi connectivity index (χ0) is 13.2. The standard InChI is InChI=1S/C15H27N3O/c1-12-10-17-8-3-2-6-14(17)11-18(12)15(19)13-5-4-7-16-9-13/h12-14,16H,2-11H2,1H3/t12?,13-,14?/m0/s1. The fraction of sp³-hybridized carbons (Fsp3) is 0.933. The summed E-state index contributed by atoms with van der Waals surface area (Å²) >= 11 is 0. The number of piperidine rings is 2. The fourth-order valence-corrected chi connectivity index (χ4v) is 3.96. The van der Waals surface area contributed by atoms with Crippen molar-refractivity contribution < 1.29 is 4.79 Å². The molecule has 0 spiro atoms. The van der Waals surface area contributed by atoms with Gasteiger partial charge in [0, 0.05) is 31.7 Å². The van der Waals surface area contributed by atoms with E-state index in [1.165, 1.54) is 25.8 Å². The van der Waals surface area contributed by atoms with Gasteiger partial charge in [0.05, 0.1) is 5.92 Å². The van der Waals surface area contributed by atoms with Gasteiger partial charge in [-0.2, -0.15) is 0 Å². The summed E-state index contributed by atoms with van der Waals surface area (Å²) in [6.07, 6.45) is 6.17. The second-order valence-corrected chi connectivity index (χ2v) is 6.53. The molecule has 3 atom stereocenters. The Hall–Kier alpha value is -0.610. The number of carbonyl (C=O) groups excluding carboxylic acids is 1. The number of hydrogen-bond donors (Lipinski definition) is 1. The molecule has 3 saturated heterocycles. The van der Waals surface area contributed by atoms with Crippen molar-refractivity contribution in [2.24, 2.45) is 5.92 Å². The van der Waals surface area contributed by atoms with E-state index in [1.54, 1.807) is 0 Å². The van der Waals surface area contributed by atoms with Gasteiger partial charge in [-0.15, -0.1) is 0 Å². The van der Waals surface area contributed by atoms with Crippen LogP contribution in [0, 0.1) is 5.92 Å². The smallest absolute Gasteiger partial charge is 0.227 e. The van der Waals surface area contributed by atoms with Crippen molar-refractivity contribution in [1.82, 2.24) is 15.1 Å². The first-order valence-electron chi connectivity index (χ1n) is 8.01. The van der Waals surface area contributed by atoms with Gasteiger partial charge in [0.25, 0.3) is 0 Å². The minimum absolute atomic E-state index is 0.228. The van der Waals surface area contributed by atoms with Crippen molar-refractivity contribution in [3.63, 3.8) is 0 Å². The molecule has 4 heteroatoms. The van der Waals surface area contributed by atoms with Crippen LogP contribution in [0.3, 0.4) is 0 Å². The summed E-state index contributed by atoms with van der Waals surface area (Å²) < 4.78 is 0. The summed E-state index contributed by atoms with van der Waals surface area (Å²) in [4.78, 5) is 17.5. The van der Waals surface area contributed by atoms with Gasteiger partial charge >= 0.3 is 0 Å². The lowest BCUT2D eigenvalue weighted by molar-refractivity contribution is -0.143. The molecule has 108 valence electrons. The van der Waals surface area contributed by atoms with Crippen molar-refractivity contribution >= 4 is 5.91 Å². The Bertz CT molecular complexity index is 327. The Morgan fingerprint density at radius 1 is 1.16 bits per heavy atom. The molecule has 1 N–H and O–H groups in total. The van der Waals surface area contributed by atoms with E-state index >= 15 is 0 Å². The van der Waals surface area contributed by atoms with Crippen molar-refractivity contribution in [3.05, 3.63) is 0 Å². The number of piperazine rings is 1. The highest BCUT2D eigenvalue weighted by Crippen LogP contribution is 2.26. The topological polar surface area (TPSA) is 35.6 Å². The maximum absolute atomic E-state index is 12.7. The van der Waals surface area contributed by atoms with Crippen LogP contribution in [0.25, 0.3) is 0 Å². The van der Waals surface area contributed by atoms with E-state index in [4.69, 9.17) is 0 Å². The van der Waals surface area contributed by atoms with Gasteiger partial charge in [-0.1, -0.05) is 6.42 Å². The Balaban J connectivity index is 1.64. The van der Waals surface area contributed by atoms with Crippen LogP contribution in [0.15, 0.2) is 0 Å². The van der Waals surface area contributed by atoms with Crippen LogP contribution in [0.4, 0.5) is 0 Å². The summed E-state index contributed by atoms with van der Waals surface area (Å²) in [7, 11) is 0. The van der Waals surface area contributed by atoms with Crippen LogP contribution >= 0.6 is 0 Å². The molecule has 4 nitrogen and oxygen atoms in total. The van der Waals surface area contributed by atoms with Crippen molar-refractivity contribution in [2.75, 3.05) is 32.7 Å². The molecule has 3 aliphatic heterocycles. The van der Waals surface area contributed by atoms with Gasteiger partial charge in [-0.25, -0.2) is 0 Å². The number of nitrogens with one attached hydrogen (secondary N) is 1. The Morgan fingerprint density at radius 3 is 2.84 bits per heavy atom. The quantitative estimate of drug-likeness (QED) is 0.770. The van der Waals surface area contributed by atoms with Gasteiger partial charge in [0.1, 0.15) is 0 Å². The zero-order valence-corrected chi connectivity index (χ0v) is 12.1. The minimum atomic E-state index is 0.228. The molecule has 3 heterocycles. The number of rotatable bonds is 1. The Morgan fingerprint density at radius 2 is 2.05 bits per heavy atom. The van der Waals surface area contributed by atoms with E-state index in [1.807, 2.05) is 0 Å². The predicted octanol–water partition coefficient (Wildman–Crippen LogP) is 1.07. The molecule has 0 bridgehead atoms.